The third-order valence-electron chi connectivity index (χ3n) is 3.90. The zero-order valence-corrected chi connectivity index (χ0v) is 13.5. The van der Waals surface area contributed by atoms with E-state index in [1.54, 1.807) is 24.3 Å². The third-order valence-corrected chi connectivity index (χ3v) is 3.90. The summed E-state index contributed by atoms with van der Waals surface area (Å²) in [5, 5.41) is 21.2. The maximum absolute atomic E-state index is 13.9. The topological polar surface area (TPSA) is 99.1 Å². The maximum atomic E-state index is 13.9. The van der Waals surface area contributed by atoms with Gasteiger partial charge in [-0.15, -0.1) is 0 Å². The molecule has 25 heavy (non-hydrogen) atoms. The molecule has 1 fully saturated rings. The van der Waals surface area contributed by atoms with Gasteiger partial charge in [-0.3, -0.25) is 4.79 Å². The van der Waals surface area contributed by atoms with Gasteiger partial charge in [0.05, 0.1) is 19.0 Å². The van der Waals surface area contributed by atoms with E-state index in [1.165, 1.54) is 4.90 Å². The minimum absolute atomic E-state index is 0.0789. The van der Waals surface area contributed by atoms with Gasteiger partial charge in [-0.2, -0.15) is 0 Å². The van der Waals surface area contributed by atoms with Crippen LogP contribution in [0.15, 0.2) is 43.0 Å². The SMILES string of the molecule is C=CC(=O)N1C[C@H](F)[C@H](OC(=O)NC(Cc2ccccc2)B(O)O)C1. The Labute approximate surface area is 145 Å². The van der Waals surface area contributed by atoms with Crippen LogP contribution >= 0.6 is 0 Å². The lowest BCUT2D eigenvalue weighted by Gasteiger charge is -2.20. The second-order valence-electron chi connectivity index (χ2n) is 5.76. The molecule has 1 aliphatic heterocycles. The molecule has 3 atom stereocenters. The number of carbonyl (C=O) groups excluding carboxylic acids is 2. The van der Waals surface area contributed by atoms with E-state index in [2.05, 4.69) is 11.9 Å². The molecule has 9 heteroatoms. The first-order valence-electron chi connectivity index (χ1n) is 7.83. The van der Waals surface area contributed by atoms with Crippen LogP contribution in [0.3, 0.4) is 0 Å². The monoisotopic (exact) mass is 350 g/mol. The first-order valence-corrected chi connectivity index (χ1v) is 7.83. The summed E-state index contributed by atoms with van der Waals surface area (Å²) < 4.78 is 18.9. The van der Waals surface area contributed by atoms with Crippen LogP contribution < -0.4 is 5.32 Å². The maximum Gasteiger partial charge on any atom is 0.475 e. The predicted molar refractivity (Wildman–Crippen MR) is 89.2 cm³/mol. The number of rotatable bonds is 6. The number of alkyl carbamates (subject to hydrolysis) is 1. The van der Waals surface area contributed by atoms with Gasteiger partial charge in [-0.1, -0.05) is 36.9 Å². The van der Waals surface area contributed by atoms with Crippen LogP contribution in [0.4, 0.5) is 9.18 Å². The van der Waals surface area contributed by atoms with Crippen LogP contribution in [-0.2, 0) is 16.0 Å². The number of ether oxygens (including phenoxy) is 1. The molecule has 0 radical (unpaired) electrons. The number of alkyl halides is 1. The Balaban J connectivity index is 1.91. The fourth-order valence-electron chi connectivity index (χ4n) is 2.58. The van der Waals surface area contributed by atoms with Crippen molar-refractivity contribution in [2.75, 3.05) is 13.1 Å². The Bertz CT molecular complexity index is 616. The van der Waals surface area contributed by atoms with Gasteiger partial charge in [-0.25, -0.2) is 9.18 Å². The van der Waals surface area contributed by atoms with Gasteiger partial charge in [0.1, 0.15) is 0 Å². The molecule has 7 nitrogen and oxygen atoms in total. The largest absolute Gasteiger partial charge is 0.475 e. The molecule has 134 valence electrons. The number of amides is 2. The molecular weight excluding hydrogens is 330 g/mol. The molecular formula is C16H20BFN2O5. The molecule has 0 aliphatic carbocycles. The number of hydrogen-bond acceptors (Lipinski definition) is 5. The van der Waals surface area contributed by atoms with Crippen LogP contribution in [0.2, 0.25) is 0 Å². The van der Waals surface area contributed by atoms with Crippen molar-refractivity contribution in [3.8, 4) is 0 Å². The summed E-state index contributed by atoms with van der Waals surface area (Å²) in [6.07, 6.45) is -2.38. The number of hydrogen-bond donors (Lipinski definition) is 3. The molecule has 1 unspecified atom stereocenters. The minimum Gasteiger partial charge on any atom is -0.441 e. The van der Waals surface area contributed by atoms with E-state index in [-0.39, 0.29) is 19.5 Å². The summed E-state index contributed by atoms with van der Waals surface area (Å²) in [5.74, 6) is -1.46. The Hall–Kier alpha value is -2.39. The van der Waals surface area contributed by atoms with Gasteiger partial charge in [0, 0.05) is 0 Å². The van der Waals surface area contributed by atoms with Crippen LogP contribution in [-0.4, -0.2) is 65.4 Å². The number of carbonyl (C=O) groups is 2. The van der Waals surface area contributed by atoms with Crippen molar-refractivity contribution in [1.82, 2.24) is 10.2 Å². The Morgan fingerprint density at radius 2 is 2.08 bits per heavy atom. The van der Waals surface area contributed by atoms with Gasteiger partial charge in [0.15, 0.2) is 12.3 Å². The Morgan fingerprint density at radius 1 is 1.40 bits per heavy atom. The molecule has 1 aromatic rings. The van der Waals surface area contributed by atoms with E-state index in [0.29, 0.717) is 0 Å². The first-order chi connectivity index (χ1) is 11.9. The summed E-state index contributed by atoms with van der Waals surface area (Å²) in [7, 11) is -1.81. The zero-order chi connectivity index (χ0) is 18.4. The standard InChI is InChI=1S/C16H20BFN2O5/c1-2-15(21)20-9-12(18)13(10-20)25-16(22)19-14(17(23)24)8-11-6-4-3-5-7-11/h2-7,12-14,23-24H,1,8-10H2,(H,19,22)/t12-,13+,14?/m0/s1. The zero-order valence-electron chi connectivity index (χ0n) is 13.5. The molecule has 0 bridgehead atoms. The van der Waals surface area contributed by atoms with Gasteiger partial charge in [0.2, 0.25) is 5.91 Å². The second kappa shape index (κ2) is 8.64. The van der Waals surface area contributed by atoms with Crippen LogP contribution in [0.1, 0.15) is 5.56 Å². The van der Waals surface area contributed by atoms with E-state index >= 15 is 0 Å². The summed E-state index contributed by atoms with van der Waals surface area (Å²) in [5.41, 5.74) is 0.785. The van der Waals surface area contributed by atoms with E-state index in [9.17, 15) is 24.0 Å². The first kappa shape index (κ1) is 18.9. The summed E-state index contributed by atoms with van der Waals surface area (Å²) in [6.45, 7) is 3.06. The highest BCUT2D eigenvalue weighted by molar-refractivity contribution is 6.43. The van der Waals surface area contributed by atoms with Crippen LogP contribution in [0.25, 0.3) is 0 Å². The van der Waals surface area contributed by atoms with Crippen molar-refractivity contribution in [3.63, 3.8) is 0 Å². The lowest BCUT2D eigenvalue weighted by atomic mass is 9.76. The lowest BCUT2D eigenvalue weighted by Crippen LogP contribution is -2.49. The molecule has 1 aromatic carbocycles. The lowest BCUT2D eigenvalue weighted by molar-refractivity contribution is -0.125. The number of likely N-dealkylation sites (tertiary alicyclic amines) is 1. The number of nitrogens with one attached hydrogen (secondary N) is 1. The van der Waals surface area contributed by atoms with Crippen molar-refractivity contribution in [2.45, 2.75) is 24.6 Å². The summed E-state index contributed by atoms with van der Waals surface area (Å²) in [6, 6.07) is 8.93. The average molecular weight is 350 g/mol. The minimum atomic E-state index is -1.81. The van der Waals surface area contributed by atoms with Crippen LogP contribution in [0.5, 0.6) is 0 Å². The second-order valence-corrected chi connectivity index (χ2v) is 5.76. The molecule has 0 spiro atoms. The van der Waals surface area contributed by atoms with Gasteiger partial charge in [-0.05, 0) is 18.1 Å². The smallest absolute Gasteiger partial charge is 0.441 e. The van der Waals surface area contributed by atoms with Crippen molar-refractivity contribution < 1.29 is 28.8 Å². The highest BCUT2D eigenvalue weighted by Crippen LogP contribution is 2.17. The van der Waals surface area contributed by atoms with E-state index in [0.717, 1.165) is 11.6 Å². The van der Waals surface area contributed by atoms with Crippen molar-refractivity contribution in [3.05, 3.63) is 48.6 Å². The quantitative estimate of drug-likeness (QED) is 0.498. The molecule has 0 saturated carbocycles. The molecule has 1 aliphatic rings. The molecule has 3 N–H and O–H groups in total. The van der Waals surface area contributed by atoms with Crippen molar-refractivity contribution in [2.24, 2.45) is 0 Å². The fraction of sp³-hybridized carbons (Fsp3) is 0.375. The van der Waals surface area contributed by atoms with E-state index in [4.69, 9.17) is 4.74 Å². The highest BCUT2D eigenvalue weighted by Gasteiger charge is 2.38. The molecule has 1 saturated heterocycles. The van der Waals surface area contributed by atoms with Crippen LogP contribution in [0, 0.1) is 0 Å². The average Bonchev–Trinajstić information content (AvgIpc) is 2.95. The van der Waals surface area contributed by atoms with Crippen molar-refractivity contribution >= 4 is 19.1 Å². The highest BCUT2D eigenvalue weighted by atomic mass is 19.1. The summed E-state index contributed by atoms with van der Waals surface area (Å²) >= 11 is 0. The van der Waals surface area contributed by atoms with Gasteiger partial charge < -0.3 is 25.0 Å². The normalized spacial score (nSPS) is 20.7. The Kier molecular flexibility index (Phi) is 6.54. The van der Waals surface area contributed by atoms with Crippen molar-refractivity contribution in [1.29, 1.82) is 0 Å². The number of halogens is 1. The fourth-order valence-corrected chi connectivity index (χ4v) is 2.58. The van der Waals surface area contributed by atoms with Gasteiger partial charge >= 0.3 is 13.2 Å². The summed E-state index contributed by atoms with van der Waals surface area (Å²) in [4.78, 5) is 24.6. The number of nitrogens with zero attached hydrogens (tertiary/aromatic N) is 1. The Morgan fingerprint density at radius 3 is 2.68 bits per heavy atom. The molecule has 2 amide bonds. The van der Waals surface area contributed by atoms with E-state index < -0.39 is 37.3 Å². The molecule has 2 rings (SSSR count). The molecule has 0 aromatic heterocycles. The number of benzene rings is 1. The van der Waals surface area contributed by atoms with E-state index in [1.807, 2.05) is 6.07 Å². The third kappa shape index (κ3) is 5.30. The molecule has 1 heterocycles. The van der Waals surface area contributed by atoms with Gasteiger partial charge in [0.25, 0.3) is 0 Å². The predicted octanol–water partition coefficient (Wildman–Crippen LogP) is 0.0708.